The van der Waals surface area contributed by atoms with Gasteiger partial charge in [0, 0.05) is 13.2 Å². The van der Waals surface area contributed by atoms with Gasteiger partial charge in [0.25, 0.3) is 11.5 Å². The molecule has 184 valence electrons. The molecule has 0 aliphatic carbocycles. The Balaban J connectivity index is 1.41. The van der Waals surface area contributed by atoms with Crippen LogP contribution in [0.15, 0.2) is 77.6 Å². The molecule has 3 aromatic carbocycles. The maximum absolute atomic E-state index is 13.8. The Morgan fingerprint density at radius 2 is 1.86 bits per heavy atom. The topological polar surface area (TPSA) is 84.5 Å². The second kappa shape index (κ2) is 10.7. The van der Waals surface area contributed by atoms with Crippen molar-refractivity contribution < 1.29 is 18.7 Å². The number of amides is 1. The highest BCUT2D eigenvalue weighted by Crippen LogP contribution is 2.24. The number of fused-ring (bicyclic) bond motifs is 1. The first-order valence-electron chi connectivity index (χ1n) is 11.9. The van der Waals surface area contributed by atoms with Gasteiger partial charge in [0.05, 0.1) is 29.1 Å². The van der Waals surface area contributed by atoms with Crippen LogP contribution in [-0.2, 0) is 17.9 Å². The van der Waals surface area contributed by atoms with Crippen LogP contribution >= 0.6 is 0 Å². The van der Waals surface area contributed by atoms with Crippen LogP contribution < -0.4 is 10.3 Å². The lowest BCUT2D eigenvalue weighted by molar-refractivity contribution is 0.0498. The second-order valence-electron chi connectivity index (χ2n) is 8.76. The number of carbonyl (C=O) groups excluding carboxylic acids is 1. The summed E-state index contributed by atoms with van der Waals surface area (Å²) < 4.78 is 25.0. The van der Waals surface area contributed by atoms with Crippen molar-refractivity contribution in [2.45, 2.75) is 32.1 Å². The van der Waals surface area contributed by atoms with Gasteiger partial charge in [0.15, 0.2) is 0 Å². The van der Waals surface area contributed by atoms with Crippen molar-refractivity contribution in [3.05, 3.63) is 106 Å². The predicted molar refractivity (Wildman–Crippen MR) is 133 cm³/mol. The van der Waals surface area contributed by atoms with Crippen LogP contribution in [0.1, 0.15) is 34.6 Å². The second-order valence-corrected chi connectivity index (χ2v) is 8.76. The molecule has 1 unspecified atom stereocenters. The van der Waals surface area contributed by atoms with Crippen LogP contribution in [0, 0.1) is 5.82 Å². The summed E-state index contributed by atoms with van der Waals surface area (Å²) in [5.41, 5.74) is 1.50. The first-order valence-corrected chi connectivity index (χ1v) is 11.9. The Hall–Kier alpha value is -4.04. The van der Waals surface area contributed by atoms with Gasteiger partial charge >= 0.3 is 0 Å². The lowest BCUT2D eigenvalue weighted by Crippen LogP contribution is -2.38. The molecule has 1 aliphatic heterocycles. The van der Waals surface area contributed by atoms with E-state index < -0.39 is 0 Å². The van der Waals surface area contributed by atoms with Crippen LogP contribution in [0.5, 0.6) is 5.75 Å². The molecule has 1 saturated heterocycles. The minimum Gasteiger partial charge on any atom is -0.488 e. The Morgan fingerprint density at radius 1 is 1.08 bits per heavy atom. The highest BCUT2D eigenvalue weighted by atomic mass is 19.1. The van der Waals surface area contributed by atoms with Crippen LogP contribution in [0.25, 0.3) is 10.9 Å². The van der Waals surface area contributed by atoms with E-state index in [0.717, 1.165) is 18.4 Å². The number of nitrogens with one attached hydrogen (secondary N) is 1. The van der Waals surface area contributed by atoms with E-state index in [4.69, 9.17) is 9.47 Å². The number of aromatic amines is 1. The number of carbonyl (C=O) groups is 1. The third-order valence-corrected chi connectivity index (χ3v) is 6.16. The molecule has 5 rings (SSSR count). The summed E-state index contributed by atoms with van der Waals surface area (Å²) in [6.45, 7) is 1.33. The Labute approximate surface area is 207 Å². The molecular formula is C28H26FN3O4. The lowest BCUT2D eigenvalue weighted by atomic mass is 10.1. The van der Waals surface area contributed by atoms with E-state index in [1.54, 1.807) is 59.5 Å². The zero-order valence-corrected chi connectivity index (χ0v) is 19.7. The molecule has 8 heteroatoms. The van der Waals surface area contributed by atoms with Crippen molar-refractivity contribution in [2.24, 2.45) is 0 Å². The molecular weight excluding hydrogens is 461 g/mol. The van der Waals surface area contributed by atoms with E-state index in [1.807, 2.05) is 6.07 Å². The van der Waals surface area contributed by atoms with Crippen molar-refractivity contribution >= 4 is 16.8 Å². The Morgan fingerprint density at radius 3 is 2.67 bits per heavy atom. The molecule has 1 atom stereocenters. The summed E-state index contributed by atoms with van der Waals surface area (Å²) in [4.78, 5) is 35.4. The summed E-state index contributed by atoms with van der Waals surface area (Å²) >= 11 is 0. The number of ether oxygens (including phenoxy) is 2. The SMILES string of the molecule is O=C(c1ccccc1OCc1ccc(F)cc1)N(Cc1nc2ccccc2c(=O)[nH]1)CC1CCCO1. The largest absolute Gasteiger partial charge is 0.488 e. The molecule has 0 spiro atoms. The van der Waals surface area contributed by atoms with E-state index in [9.17, 15) is 14.0 Å². The Bertz CT molecular complexity index is 1410. The maximum atomic E-state index is 13.8. The quantitative estimate of drug-likeness (QED) is 0.397. The number of para-hydroxylation sites is 2. The van der Waals surface area contributed by atoms with Crippen molar-refractivity contribution in [1.29, 1.82) is 0 Å². The summed E-state index contributed by atoms with van der Waals surface area (Å²) in [5, 5.41) is 0.498. The number of benzene rings is 3. The van der Waals surface area contributed by atoms with Gasteiger partial charge in [0.2, 0.25) is 0 Å². The van der Waals surface area contributed by atoms with Gasteiger partial charge in [0.1, 0.15) is 24.0 Å². The molecule has 7 nitrogen and oxygen atoms in total. The number of hydrogen-bond acceptors (Lipinski definition) is 5. The Kier molecular flexibility index (Phi) is 7.04. The minimum absolute atomic E-state index is 0.0894. The van der Waals surface area contributed by atoms with Gasteiger partial charge in [-0.3, -0.25) is 9.59 Å². The normalized spacial score (nSPS) is 15.2. The zero-order chi connectivity index (χ0) is 24.9. The minimum atomic E-state index is -0.320. The van der Waals surface area contributed by atoms with Crippen molar-refractivity contribution in [3.63, 3.8) is 0 Å². The fraction of sp³-hybridized carbons (Fsp3) is 0.250. The number of nitrogens with zero attached hydrogens (tertiary/aromatic N) is 2. The van der Waals surface area contributed by atoms with E-state index in [0.29, 0.717) is 41.2 Å². The van der Waals surface area contributed by atoms with Gasteiger partial charge < -0.3 is 19.4 Å². The van der Waals surface area contributed by atoms with Gasteiger partial charge in [-0.25, -0.2) is 9.37 Å². The van der Waals surface area contributed by atoms with Gasteiger partial charge in [-0.05, 0) is 54.8 Å². The summed E-state index contributed by atoms with van der Waals surface area (Å²) in [6.07, 6.45) is 1.71. The standard InChI is InChI=1S/C28H26FN3O4/c29-20-13-11-19(12-14-20)18-36-25-10-4-2-8-23(25)28(34)32(16-21-6-5-15-35-21)17-26-30-24-9-3-1-7-22(24)27(33)31-26/h1-4,7-14,21H,5-6,15-18H2,(H,30,31,33). The molecule has 1 N–H and O–H groups in total. The van der Waals surface area contributed by atoms with E-state index in [1.165, 1.54) is 12.1 Å². The van der Waals surface area contributed by atoms with Crippen molar-refractivity contribution in [3.8, 4) is 5.75 Å². The van der Waals surface area contributed by atoms with Crippen LogP contribution in [0.2, 0.25) is 0 Å². The third kappa shape index (κ3) is 5.44. The molecule has 1 aliphatic rings. The van der Waals surface area contributed by atoms with Crippen molar-refractivity contribution in [1.82, 2.24) is 14.9 Å². The van der Waals surface area contributed by atoms with Gasteiger partial charge in [-0.2, -0.15) is 0 Å². The van der Waals surface area contributed by atoms with E-state index >= 15 is 0 Å². The maximum Gasteiger partial charge on any atom is 0.258 e. The highest BCUT2D eigenvalue weighted by Gasteiger charge is 2.26. The molecule has 0 radical (unpaired) electrons. The van der Waals surface area contributed by atoms with Crippen LogP contribution in [-0.4, -0.2) is 40.0 Å². The molecule has 1 aromatic heterocycles. The molecule has 2 heterocycles. The number of aromatic nitrogens is 2. The first-order chi connectivity index (χ1) is 17.6. The summed E-state index contributed by atoms with van der Waals surface area (Å²) in [5.74, 6) is 0.245. The van der Waals surface area contributed by atoms with Crippen LogP contribution in [0.4, 0.5) is 4.39 Å². The monoisotopic (exact) mass is 487 g/mol. The number of rotatable bonds is 8. The molecule has 36 heavy (non-hydrogen) atoms. The molecule has 4 aromatic rings. The number of halogens is 1. The molecule has 1 amide bonds. The van der Waals surface area contributed by atoms with Crippen LogP contribution in [0.3, 0.4) is 0 Å². The highest BCUT2D eigenvalue weighted by molar-refractivity contribution is 5.97. The molecule has 0 saturated carbocycles. The average molecular weight is 488 g/mol. The van der Waals surface area contributed by atoms with Crippen molar-refractivity contribution in [2.75, 3.05) is 13.2 Å². The smallest absolute Gasteiger partial charge is 0.258 e. The molecule has 1 fully saturated rings. The fourth-order valence-corrected chi connectivity index (χ4v) is 4.33. The molecule has 0 bridgehead atoms. The zero-order valence-electron chi connectivity index (χ0n) is 19.7. The average Bonchev–Trinajstić information content (AvgIpc) is 3.41. The van der Waals surface area contributed by atoms with E-state index in [-0.39, 0.29) is 36.5 Å². The van der Waals surface area contributed by atoms with E-state index in [2.05, 4.69) is 9.97 Å². The fourth-order valence-electron chi connectivity index (χ4n) is 4.33. The predicted octanol–water partition coefficient (Wildman–Crippen LogP) is 4.46. The van der Waals surface area contributed by atoms with Gasteiger partial charge in [-0.1, -0.05) is 36.4 Å². The first kappa shape index (κ1) is 23.7. The number of H-pyrrole nitrogens is 1. The summed E-state index contributed by atoms with van der Waals surface area (Å²) in [6, 6.07) is 20.1. The lowest BCUT2D eigenvalue weighted by Gasteiger charge is -2.26. The summed E-state index contributed by atoms with van der Waals surface area (Å²) in [7, 11) is 0. The third-order valence-electron chi connectivity index (χ3n) is 6.16. The number of hydrogen-bond donors (Lipinski definition) is 1. The van der Waals surface area contributed by atoms with Gasteiger partial charge in [-0.15, -0.1) is 0 Å².